The predicted molar refractivity (Wildman–Crippen MR) is 122 cm³/mol. The largest absolute Gasteiger partial charge is 0.369 e. The molecule has 0 amide bonds. The zero-order valence-electron chi connectivity index (χ0n) is 17.9. The van der Waals surface area contributed by atoms with E-state index in [4.69, 9.17) is 5.73 Å². The number of aliphatic imine (C=N–C) groups is 1. The lowest BCUT2D eigenvalue weighted by Crippen LogP contribution is -2.41. The van der Waals surface area contributed by atoms with Crippen LogP contribution in [-0.4, -0.2) is 47.7 Å². The number of nitrogens with zero attached hydrogens (tertiary/aromatic N) is 3. The molecule has 2 aromatic rings. The van der Waals surface area contributed by atoms with Crippen LogP contribution >= 0.6 is 0 Å². The molecule has 0 atom stereocenters. The molecule has 158 valence electrons. The maximum Gasteiger partial charge on any atom is 0.196 e. The molecular formula is C25H32N4O. The van der Waals surface area contributed by atoms with Gasteiger partial charge >= 0.3 is 0 Å². The Morgan fingerprint density at radius 2 is 1.87 bits per heavy atom. The third kappa shape index (κ3) is 4.73. The molecule has 0 radical (unpaired) electrons. The summed E-state index contributed by atoms with van der Waals surface area (Å²) in [5.41, 5.74) is 9.58. The molecule has 0 bridgehead atoms. The first-order chi connectivity index (χ1) is 14.6. The van der Waals surface area contributed by atoms with E-state index in [1.165, 1.54) is 32.1 Å². The van der Waals surface area contributed by atoms with Crippen LogP contribution in [-0.2, 0) is 6.54 Å². The van der Waals surface area contributed by atoms with Crippen molar-refractivity contribution in [1.82, 2.24) is 9.80 Å². The predicted octanol–water partition coefficient (Wildman–Crippen LogP) is 4.33. The second kappa shape index (κ2) is 9.43. The van der Waals surface area contributed by atoms with E-state index in [2.05, 4.69) is 21.8 Å². The summed E-state index contributed by atoms with van der Waals surface area (Å²) in [6.45, 7) is 2.66. The Balaban J connectivity index is 1.38. The lowest BCUT2D eigenvalue weighted by Gasteiger charge is -2.33. The van der Waals surface area contributed by atoms with Gasteiger partial charge in [-0.1, -0.05) is 49.6 Å². The summed E-state index contributed by atoms with van der Waals surface area (Å²) in [6.07, 6.45) is 7.83. The highest BCUT2D eigenvalue weighted by molar-refractivity contribution is 6.09. The minimum absolute atomic E-state index is 0.0431. The second-order valence-electron chi connectivity index (χ2n) is 8.56. The van der Waals surface area contributed by atoms with Crippen molar-refractivity contribution >= 4 is 17.4 Å². The smallest absolute Gasteiger partial charge is 0.196 e. The number of rotatable bonds is 7. The molecule has 4 rings (SSSR count). The highest BCUT2D eigenvalue weighted by Crippen LogP contribution is 2.28. The zero-order valence-corrected chi connectivity index (χ0v) is 17.9. The number of guanidine groups is 1. The number of hydrogen-bond acceptors (Lipinski definition) is 5. The second-order valence-corrected chi connectivity index (χ2v) is 8.56. The van der Waals surface area contributed by atoms with Crippen LogP contribution in [0, 0.1) is 0 Å². The number of fused-ring (bicyclic) bond motifs is 1. The SMILES string of the molecule is CN(CCCN1Cc2cc(C(=O)c3ccccc3)ccc2N=C1N)C1CCCCC1. The molecule has 30 heavy (non-hydrogen) atoms. The summed E-state index contributed by atoms with van der Waals surface area (Å²) in [4.78, 5) is 22.0. The van der Waals surface area contributed by atoms with Crippen LogP contribution in [0.15, 0.2) is 53.5 Å². The number of hydrogen-bond donors (Lipinski definition) is 1. The molecular weight excluding hydrogens is 372 g/mol. The van der Waals surface area contributed by atoms with Crippen LogP contribution in [0.1, 0.15) is 60.0 Å². The van der Waals surface area contributed by atoms with Crippen LogP contribution in [0.4, 0.5) is 5.69 Å². The van der Waals surface area contributed by atoms with Crippen molar-refractivity contribution in [1.29, 1.82) is 0 Å². The Labute approximate surface area is 179 Å². The van der Waals surface area contributed by atoms with Gasteiger partial charge in [-0.25, -0.2) is 4.99 Å². The summed E-state index contributed by atoms with van der Waals surface area (Å²) >= 11 is 0. The summed E-state index contributed by atoms with van der Waals surface area (Å²) in [5, 5.41) is 0. The fourth-order valence-electron chi connectivity index (χ4n) is 4.61. The van der Waals surface area contributed by atoms with Crippen molar-refractivity contribution < 1.29 is 4.79 Å². The van der Waals surface area contributed by atoms with E-state index in [9.17, 15) is 4.79 Å². The van der Waals surface area contributed by atoms with E-state index in [-0.39, 0.29) is 5.78 Å². The quantitative estimate of drug-likeness (QED) is 0.698. The Morgan fingerprint density at radius 3 is 2.63 bits per heavy atom. The van der Waals surface area contributed by atoms with E-state index in [0.717, 1.165) is 36.8 Å². The fourth-order valence-corrected chi connectivity index (χ4v) is 4.61. The van der Waals surface area contributed by atoms with Gasteiger partial charge in [0.25, 0.3) is 0 Å². The van der Waals surface area contributed by atoms with Gasteiger partial charge in [0.05, 0.1) is 5.69 Å². The molecule has 1 aliphatic heterocycles. The molecule has 1 aliphatic carbocycles. The van der Waals surface area contributed by atoms with E-state index in [0.29, 0.717) is 23.6 Å². The molecule has 1 fully saturated rings. The van der Waals surface area contributed by atoms with Gasteiger partial charge in [-0.2, -0.15) is 0 Å². The van der Waals surface area contributed by atoms with Gasteiger partial charge < -0.3 is 15.5 Å². The molecule has 5 heteroatoms. The van der Waals surface area contributed by atoms with Crippen LogP contribution < -0.4 is 5.73 Å². The maximum atomic E-state index is 12.8. The van der Waals surface area contributed by atoms with Gasteiger partial charge in [0.2, 0.25) is 0 Å². The van der Waals surface area contributed by atoms with E-state index in [1.54, 1.807) is 0 Å². The summed E-state index contributed by atoms with van der Waals surface area (Å²) < 4.78 is 0. The Kier molecular flexibility index (Phi) is 6.48. The molecule has 5 nitrogen and oxygen atoms in total. The molecule has 1 saturated carbocycles. The van der Waals surface area contributed by atoms with Crippen molar-refractivity contribution in [2.24, 2.45) is 10.7 Å². The van der Waals surface area contributed by atoms with Gasteiger partial charge in [-0.3, -0.25) is 4.79 Å². The minimum Gasteiger partial charge on any atom is -0.369 e. The number of nitrogens with two attached hydrogens (primary N) is 1. The highest BCUT2D eigenvalue weighted by Gasteiger charge is 2.21. The lowest BCUT2D eigenvalue weighted by atomic mass is 9.94. The van der Waals surface area contributed by atoms with E-state index in [1.807, 2.05) is 48.5 Å². The third-order valence-electron chi connectivity index (χ3n) is 6.43. The van der Waals surface area contributed by atoms with Crippen molar-refractivity contribution in [2.45, 2.75) is 51.1 Å². The van der Waals surface area contributed by atoms with Crippen molar-refractivity contribution in [3.05, 3.63) is 65.2 Å². The number of ketones is 1. The summed E-state index contributed by atoms with van der Waals surface area (Å²) in [5.74, 6) is 0.617. The number of carbonyl (C=O) groups excluding carboxylic acids is 1. The van der Waals surface area contributed by atoms with Crippen LogP contribution in [0.2, 0.25) is 0 Å². The summed E-state index contributed by atoms with van der Waals surface area (Å²) in [6, 6.07) is 15.9. The van der Waals surface area contributed by atoms with Crippen LogP contribution in [0.5, 0.6) is 0 Å². The molecule has 2 N–H and O–H groups in total. The first-order valence-corrected chi connectivity index (χ1v) is 11.1. The van der Waals surface area contributed by atoms with Gasteiger partial charge in [-0.15, -0.1) is 0 Å². The molecule has 1 heterocycles. The van der Waals surface area contributed by atoms with Crippen LogP contribution in [0.3, 0.4) is 0 Å². The molecule has 2 aromatic carbocycles. The van der Waals surface area contributed by atoms with Gasteiger partial charge in [0, 0.05) is 30.3 Å². The molecule has 0 spiro atoms. The Hall–Kier alpha value is -2.66. The van der Waals surface area contributed by atoms with Crippen molar-refractivity contribution in [3.8, 4) is 0 Å². The minimum atomic E-state index is 0.0431. The van der Waals surface area contributed by atoms with E-state index >= 15 is 0 Å². The molecule has 2 aliphatic rings. The number of carbonyl (C=O) groups is 1. The Bertz CT molecular complexity index is 903. The fraction of sp³-hybridized carbons (Fsp3) is 0.440. The maximum absolute atomic E-state index is 12.8. The lowest BCUT2D eigenvalue weighted by molar-refractivity contribution is 0.103. The van der Waals surface area contributed by atoms with E-state index < -0.39 is 0 Å². The monoisotopic (exact) mass is 404 g/mol. The molecule has 0 unspecified atom stereocenters. The van der Waals surface area contributed by atoms with Gasteiger partial charge in [0.1, 0.15) is 0 Å². The highest BCUT2D eigenvalue weighted by atomic mass is 16.1. The Morgan fingerprint density at radius 1 is 1.10 bits per heavy atom. The average Bonchev–Trinajstić information content (AvgIpc) is 2.79. The van der Waals surface area contributed by atoms with Crippen molar-refractivity contribution in [2.75, 3.05) is 20.1 Å². The molecule has 0 saturated heterocycles. The average molecular weight is 405 g/mol. The molecule has 0 aromatic heterocycles. The van der Waals surface area contributed by atoms with Crippen molar-refractivity contribution in [3.63, 3.8) is 0 Å². The van der Waals surface area contributed by atoms with Crippen LogP contribution in [0.25, 0.3) is 0 Å². The number of benzene rings is 2. The first kappa shape index (κ1) is 20.6. The normalized spacial score (nSPS) is 17.0. The first-order valence-electron chi connectivity index (χ1n) is 11.1. The zero-order chi connectivity index (χ0) is 20.9. The third-order valence-corrected chi connectivity index (χ3v) is 6.43. The van der Waals surface area contributed by atoms with Gasteiger partial charge in [0.15, 0.2) is 11.7 Å². The van der Waals surface area contributed by atoms with Gasteiger partial charge in [-0.05, 0) is 56.6 Å². The standard InChI is InChI=1S/C25H32N4O/c1-28(22-11-6-3-7-12-22)15-8-16-29-18-21-17-20(13-14-23(21)27-25(29)26)24(30)19-9-4-2-5-10-19/h2,4-5,9-10,13-14,17,22H,3,6-8,11-12,15-16,18H2,1H3,(H2,26,27). The topological polar surface area (TPSA) is 61.9 Å². The summed E-state index contributed by atoms with van der Waals surface area (Å²) in [7, 11) is 2.25.